The standard InChI is InChI=1S/C17H13ClFNO3S2/c18-15-12-4-3-10(19)8-13(12)25-16(15)17(22)23-9-14(21)20-6-5-11-2-1-7-24-11/h1-4,7-8H,5-6,9H2,(H,20,21). The first kappa shape index (κ1) is 17.8. The van der Waals surface area contributed by atoms with Crippen LogP contribution in [-0.4, -0.2) is 25.0 Å². The zero-order valence-corrected chi connectivity index (χ0v) is 15.3. The summed E-state index contributed by atoms with van der Waals surface area (Å²) in [5.74, 6) is -1.48. The molecule has 0 atom stereocenters. The third-order valence-corrected chi connectivity index (χ3v) is 5.96. The van der Waals surface area contributed by atoms with E-state index in [1.165, 1.54) is 23.1 Å². The average Bonchev–Trinajstić information content (AvgIpc) is 3.21. The number of amides is 1. The van der Waals surface area contributed by atoms with E-state index in [0.29, 0.717) is 16.6 Å². The molecule has 2 heterocycles. The largest absolute Gasteiger partial charge is 0.451 e. The highest BCUT2D eigenvalue weighted by Gasteiger charge is 2.19. The zero-order chi connectivity index (χ0) is 17.8. The SMILES string of the molecule is O=C(COC(=O)c1sc2cc(F)ccc2c1Cl)NCCc1cccs1. The van der Waals surface area contributed by atoms with Gasteiger partial charge < -0.3 is 10.1 Å². The highest BCUT2D eigenvalue weighted by atomic mass is 35.5. The fourth-order valence-electron chi connectivity index (χ4n) is 2.20. The summed E-state index contributed by atoms with van der Waals surface area (Å²) in [4.78, 5) is 25.2. The first-order chi connectivity index (χ1) is 12.0. The van der Waals surface area contributed by atoms with Crippen LogP contribution in [0, 0.1) is 5.82 Å². The van der Waals surface area contributed by atoms with Crippen LogP contribution in [0.3, 0.4) is 0 Å². The summed E-state index contributed by atoms with van der Waals surface area (Å²) in [5.41, 5.74) is 0. The summed E-state index contributed by atoms with van der Waals surface area (Å²) >= 11 is 8.80. The van der Waals surface area contributed by atoms with Gasteiger partial charge in [0.1, 0.15) is 10.7 Å². The van der Waals surface area contributed by atoms with Gasteiger partial charge in [-0.1, -0.05) is 17.7 Å². The number of carbonyl (C=O) groups is 2. The van der Waals surface area contributed by atoms with Gasteiger partial charge in [0, 0.05) is 21.5 Å². The van der Waals surface area contributed by atoms with Gasteiger partial charge in [0.25, 0.3) is 5.91 Å². The maximum atomic E-state index is 13.2. The van der Waals surface area contributed by atoms with Crippen LogP contribution < -0.4 is 5.32 Å². The predicted molar refractivity (Wildman–Crippen MR) is 98.1 cm³/mol. The van der Waals surface area contributed by atoms with E-state index in [2.05, 4.69) is 5.32 Å². The van der Waals surface area contributed by atoms with Crippen LogP contribution in [0.15, 0.2) is 35.7 Å². The van der Waals surface area contributed by atoms with E-state index in [9.17, 15) is 14.0 Å². The van der Waals surface area contributed by atoms with E-state index >= 15 is 0 Å². The van der Waals surface area contributed by atoms with Crippen molar-refractivity contribution in [3.05, 3.63) is 56.3 Å². The molecular formula is C17H13ClFNO3S2. The number of hydrogen-bond acceptors (Lipinski definition) is 5. The Bertz CT molecular complexity index is 908. The summed E-state index contributed by atoms with van der Waals surface area (Å²) in [6.07, 6.45) is 0.727. The Morgan fingerprint density at radius 2 is 2.12 bits per heavy atom. The van der Waals surface area contributed by atoms with Crippen molar-refractivity contribution in [2.24, 2.45) is 0 Å². The van der Waals surface area contributed by atoms with Crippen molar-refractivity contribution in [3.8, 4) is 0 Å². The highest BCUT2D eigenvalue weighted by Crippen LogP contribution is 2.36. The molecule has 3 aromatic rings. The minimum atomic E-state index is -0.694. The lowest BCUT2D eigenvalue weighted by Crippen LogP contribution is -2.30. The molecule has 0 aliphatic rings. The molecule has 0 spiro atoms. The lowest BCUT2D eigenvalue weighted by atomic mass is 10.2. The molecule has 4 nitrogen and oxygen atoms in total. The van der Waals surface area contributed by atoms with Gasteiger partial charge in [0.05, 0.1) is 5.02 Å². The van der Waals surface area contributed by atoms with E-state index in [4.69, 9.17) is 16.3 Å². The van der Waals surface area contributed by atoms with E-state index in [1.54, 1.807) is 11.3 Å². The van der Waals surface area contributed by atoms with Crippen molar-refractivity contribution in [2.45, 2.75) is 6.42 Å². The lowest BCUT2D eigenvalue weighted by Gasteiger charge is -2.05. The van der Waals surface area contributed by atoms with Gasteiger partial charge in [-0.2, -0.15) is 0 Å². The molecule has 130 valence electrons. The predicted octanol–water partition coefficient (Wildman–Crippen LogP) is 4.27. The number of esters is 1. The van der Waals surface area contributed by atoms with Gasteiger partial charge in [-0.15, -0.1) is 22.7 Å². The molecule has 0 unspecified atom stereocenters. The molecule has 25 heavy (non-hydrogen) atoms. The Morgan fingerprint density at radius 3 is 2.88 bits per heavy atom. The summed E-state index contributed by atoms with van der Waals surface area (Å²) in [5, 5.41) is 5.45. The maximum absolute atomic E-state index is 13.2. The molecule has 0 saturated carbocycles. The van der Waals surface area contributed by atoms with Gasteiger partial charge >= 0.3 is 5.97 Å². The number of rotatable bonds is 6. The molecule has 0 bridgehead atoms. The first-order valence-electron chi connectivity index (χ1n) is 7.38. The average molecular weight is 398 g/mol. The van der Waals surface area contributed by atoms with E-state index in [1.807, 2.05) is 17.5 Å². The minimum absolute atomic E-state index is 0.161. The Kier molecular flexibility index (Phi) is 5.67. The Morgan fingerprint density at radius 1 is 1.28 bits per heavy atom. The maximum Gasteiger partial charge on any atom is 0.350 e. The van der Waals surface area contributed by atoms with Gasteiger partial charge in [0.2, 0.25) is 0 Å². The normalized spacial score (nSPS) is 10.8. The fraction of sp³-hybridized carbons (Fsp3) is 0.176. The first-order valence-corrected chi connectivity index (χ1v) is 9.46. The van der Waals surface area contributed by atoms with Crippen LogP contribution in [0.2, 0.25) is 5.02 Å². The number of halogens is 2. The van der Waals surface area contributed by atoms with Gasteiger partial charge in [-0.05, 0) is 36.1 Å². The number of nitrogens with one attached hydrogen (secondary N) is 1. The molecular weight excluding hydrogens is 385 g/mol. The molecule has 3 rings (SSSR count). The molecule has 0 aliphatic heterocycles. The van der Waals surface area contributed by atoms with Crippen LogP contribution >= 0.6 is 34.3 Å². The van der Waals surface area contributed by atoms with Crippen LogP contribution in [-0.2, 0) is 16.0 Å². The molecule has 2 aromatic heterocycles. The summed E-state index contributed by atoms with van der Waals surface area (Å²) in [7, 11) is 0. The molecule has 0 aliphatic carbocycles. The van der Waals surface area contributed by atoms with Gasteiger partial charge in [-0.25, -0.2) is 9.18 Å². The molecule has 1 N–H and O–H groups in total. The quantitative estimate of drug-likeness (QED) is 0.632. The zero-order valence-electron chi connectivity index (χ0n) is 12.9. The highest BCUT2D eigenvalue weighted by molar-refractivity contribution is 7.21. The lowest BCUT2D eigenvalue weighted by molar-refractivity contribution is -0.124. The number of hydrogen-bond donors (Lipinski definition) is 1. The van der Waals surface area contributed by atoms with Crippen molar-refractivity contribution < 1.29 is 18.7 Å². The topological polar surface area (TPSA) is 55.4 Å². The number of ether oxygens (including phenoxy) is 1. The van der Waals surface area contributed by atoms with Crippen LogP contribution in [0.25, 0.3) is 10.1 Å². The minimum Gasteiger partial charge on any atom is -0.451 e. The number of benzene rings is 1. The van der Waals surface area contributed by atoms with Gasteiger partial charge in [-0.3, -0.25) is 4.79 Å². The molecule has 1 aromatic carbocycles. The Balaban J connectivity index is 1.53. The third kappa shape index (κ3) is 4.36. The monoisotopic (exact) mass is 397 g/mol. The van der Waals surface area contributed by atoms with Crippen molar-refractivity contribution in [3.63, 3.8) is 0 Å². The van der Waals surface area contributed by atoms with E-state index < -0.39 is 11.8 Å². The second-order valence-electron chi connectivity index (χ2n) is 5.14. The molecule has 1 amide bonds. The van der Waals surface area contributed by atoms with Crippen LogP contribution in [0.4, 0.5) is 4.39 Å². The van der Waals surface area contributed by atoms with Gasteiger partial charge in [0.15, 0.2) is 6.61 Å². The molecule has 0 radical (unpaired) electrons. The van der Waals surface area contributed by atoms with Crippen molar-refractivity contribution in [1.29, 1.82) is 0 Å². The fourth-order valence-corrected chi connectivity index (χ4v) is 4.33. The second-order valence-corrected chi connectivity index (χ2v) is 7.60. The van der Waals surface area contributed by atoms with Crippen molar-refractivity contribution >= 4 is 56.2 Å². The van der Waals surface area contributed by atoms with E-state index in [0.717, 1.165) is 17.8 Å². The summed E-state index contributed by atoms with van der Waals surface area (Å²) < 4.78 is 18.8. The van der Waals surface area contributed by atoms with E-state index in [-0.39, 0.29) is 22.4 Å². The summed E-state index contributed by atoms with van der Waals surface area (Å²) in [6.45, 7) is 0.0853. The van der Waals surface area contributed by atoms with Crippen LogP contribution in [0.1, 0.15) is 14.5 Å². The van der Waals surface area contributed by atoms with Crippen LogP contribution in [0.5, 0.6) is 0 Å². The summed E-state index contributed by atoms with van der Waals surface area (Å²) in [6, 6.07) is 8.03. The third-order valence-electron chi connectivity index (χ3n) is 3.38. The van der Waals surface area contributed by atoms with Crippen molar-refractivity contribution in [1.82, 2.24) is 5.32 Å². The number of fused-ring (bicyclic) bond motifs is 1. The number of thiophene rings is 2. The molecule has 8 heteroatoms. The smallest absolute Gasteiger partial charge is 0.350 e. The second kappa shape index (κ2) is 7.95. The molecule has 0 fully saturated rings. The van der Waals surface area contributed by atoms with Crippen molar-refractivity contribution in [2.75, 3.05) is 13.2 Å². The Labute approximate surface area is 156 Å². The number of carbonyl (C=O) groups excluding carboxylic acids is 2. The Hall–Kier alpha value is -1.96. The molecule has 0 saturated heterocycles.